The van der Waals surface area contributed by atoms with Gasteiger partial charge in [-0.25, -0.2) is 4.39 Å². The molecular weight excluding hydrogens is 293 g/mol. The number of hydrogen-bond acceptors (Lipinski definition) is 2. The number of anilines is 1. The summed E-state index contributed by atoms with van der Waals surface area (Å²) in [5.41, 5.74) is 4.72. The maximum atomic E-state index is 13.0. The topological polar surface area (TPSA) is 46.2 Å². The second-order valence-corrected chi connectivity index (χ2v) is 5.67. The molecule has 0 bridgehead atoms. The van der Waals surface area contributed by atoms with Gasteiger partial charge in [0.2, 0.25) is 5.91 Å². The number of halogens is 1. The van der Waals surface area contributed by atoms with E-state index in [2.05, 4.69) is 5.32 Å². The number of allylic oxidation sites excluding steroid dienone is 1. The number of carbonyl (C=O) groups excluding carboxylic acids is 2. The number of rotatable bonds is 2. The van der Waals surface area contributed by atoms with E-state index in [1.807, 2.05) is 6.92 Å². The van der Waals surface area contributed by atoms with Gasteiger partial charge >= 0.3 is 0 Å². The molecule has 0 spiro atoms. The number of hydrogen-bond donors (Lipinski definition) is 1. The first-order valence-corrected chi connectivity index (χ1v) is 7.36. The zero-order valence-corrected chi connectivity index (χ0v) is 12.9. The van der Waals surface area contributed by atoms with Crippen LogP contribution in [0.25, 0.3) is 6.08 Å². The molecule has 0 heterocycles. The molecule has 0 atom stereocenters. The first-order chi connectivity index (χ1) is 11.0. The SMILES string of the molecule is CC(=O)Nc1ccc2c(c1C)CC(=Cc1ccc(F)cc1)C2=O. The monoisotopic (exact) mass is 309 g/mol. The Morgan fingerprint density at radius 3 is 2.52 bits per heavy atom. The molecule has 0 aliphatic heterocycles. The van der Waals surface area contributed by atoms with Gasteiger partial charge in [0, 0.05) is 30.2 Å². The smallest absolute Gasteiger partial charge is 0.221 e. The van der Waals surface area contributed by atoms with E-state index in [-0.39, 0.29) is 17.5 Å². The molecule has 1 aliphatic rings. The predicted molar refractivity (Wildman–Crippen MR) is 87.9 cm³/mol. The van der Waals surface area contributed by atoms with Gasteiger partial charge in [-0.1, -0.05) is 12.1 Å². The summed E-state index contributed by atoms with van der Waals surface area (Å²) in [6, 6.07) is 9.55. The molecular formula is C19H16FNO2. The predicted octanol–water partition coefficient (Wildman–Crippen LogP) is 3.91. The van der Waals surface area contributed by atoms with Crippen molar-refractivity contribution < 1.29 is 14.0 Å². The molecule has 0 radical (unpaired) electrons. The molecule has 2 aromatic carbocycles. The van der Waals surface area contributed by atoms with Gasteiger partial charge < -0.3 is 5.32 Å². The van der Waals surface area contributed by atoms with Crippen LogP contribution in [-0.4, -0.2) is 11.7 Å². The van der Waals surface area contributed by atoms with Gasteiger partial charge in [0.25, 0.3) is 0 Å². The fraction of sp³-hybridized carbons (Fsp3) is 0.158. The number of nitrogens with one attached hydrogen (secondary N) is 1. The van der Waals surface area contributed by atoms with Crippen molar-refractivity contribution in [3.8, 4) is 0 Å². The quantitative estimate of drug-likeness (QED) is 0.855. The van der Waals surface area contributed by atoms with Gasteiger partial charge in [-0.15, -0.1) is 0 Å². The third kappa shape index (κ3) is 2.93. The van der Waals surface area contributed by atoms with Crippen LogP contribution in [0.1, 0.15) is 34.0 Å². The molecule has 116 valence electrons. The van der Waals surface area contributed by atoms with Crippen LogP contribution in [0.15, 0.2) is 42.0 Å². The zero-order chi connectivity index (χ0) is 16.6. The van der Waals surface area contributed by atoms with E-state index >= 15 is 0 Å². The first kappa shape index (κ1) is 15.2. The molecule has 3 nitrogen and oxygen atoms in total. The first-order valence-electron chi connectivity index (χ1n) is 7.36. The second kappa shape index (κ2) is 5.80. The van der Waals surface area contributed by atoms with Crippen LogP contribution in [0.4, 0.5) is 10.1 Å². The molecule has 23 heavy (non-hydrogen) atoms. The highest BCUT2D eigenvalue weighted by atomic mass is 19.1. The lowest BCUT2D eigenvalue weighted by Crippen LogP contribution is -2.08. The Balaban J connectivity index is 1.97. The summed E-state index contributed by atoms with van der Waals surface area (Å²) in [6.07, 6.45) is 2.31. The fourth-order valence-electron chi connectivity index (χ4n) is 2.84. The van der Waals surface area contributed by atoms with Crippen molar-refractivity contribution in [3.05, 3.63) is 70.0 Å². The minimum Gasteiger partial charge on any atom is -0.326 e. The molecule has 2 aromatic rings. The van der Waals surface area contributed by atoms with E-state index in [9.17, 15) is 14.0 Å². The number of amides is 1. The number of Topliss-reactive ketones (excluding diaryl/α,β-unsaturated/α-hetero) is 1. The van der Waals surface area contributed by atoms with E-state index in [4.69, 9.17) is 0 Å². The molecule has 0 fully saturated rings. The van der Waals surface area contributed by atoms with E-state index in [0.717, 1.165) is 22.4 Å². The van der Waals surface area contributed by atoms with Crippen molar-refractivity contribution in [3.63, 3.8) is 0 Å². The van der Waals surface area contributed by atoms with Crippen molar-refractivity contribution >= 4 is 23.5 Å². The van der Waals surface area contributed by atoms with E-state index in [0.29, 0.717) is 17.6 Å². The standard InChI is InChI=1S/C19H16FNO2/c1-11-17-10-14(9-13-3-5-15(20)6-4-13)19(23)16(17)7-8-18(11)21-12(2)22/h3-9H,10H2,1-2H3,(H,21,22). The summed E-state index contributed by atoms with van der Waals surface area (Å²) < 4.78 is 13.0. The third-order valence-electron chi connectivity index (χ3n) is 4.02. The Bertz CT molecular complexity index is 835. The van der Waals surface area contributed by atoms with Crippen LogP contribution in [0.5, 0.6) is 0 Å². The lowest BCUT2D eigenvalue weighted by Gasteiger charge is -2.10. The molecule has 0 saturated heterocycles. The van der Waals surface area contributed by atoms with E-state index < -0.39 is 0 Å². The Hall–Kier alpha value is -2.75. The highest BCUT2D eigenvalue weighted by molar-refractivity contribution is 6.16. The normalized spacial score (nSPS) is 14.9. The molecule has 1 aliphatic carbocycles. The van der Waals surface area contributed by atoms with E-state index in [1.165, 1.54) is 19.1 Å². The average molecular weight is 309 g/mol. The van der Waals surface area contributed by atoms with E-state index in [1.54, 1.807) is 30.3 Å². The summed E-state index contributed by atoms with van der Waals surface area (Å²) >= 11 is 0. The molecule has 1 amide bonds. The van der Waals surface area contributed by atoms with Crippen molar-refractivity contribution in [1.29, 1.82) is 0 Å². The highest BCUT2D eigenvalue weighted by Crippen LogP contribution is 2.33. The number of carbonyl (C=O) groups is 2. The highest BCUT2D eigenvalue weighted by Gasteiger charge is 2.27. The van der Waals surface area contributed by atoms with Crippen LogP contribution < -0.4 is 5.32 Å². The third-order valence-corrected chi connectivity index (χ3v) is 4.02. The molecule has 0 aromatic heterocycles. The average Bonchev–Trinajstić information content (AvgIpc) is 2.82. The van der Waals surface area contributed by atoms with Crippen LogP contribution in [-0.2, 0) is 11.2 Å². The van der Waals surface area contributed by atoms with Crippen LogP contribution in [0.3, 0.4) is 0 Å². The molecule has 1 N–H and O–H groups in total. The van der Waals surface area contributed by atoms with Crippen molar-refractivity contribution in [2.75, 3.05) is 5.32 Å². The maximum Gasteiger partial charge on any atom is 0.221 e. The van der Waals surface area contributed by atoms with Gasteiger partial charge in [-0.2, -0.15) is 0 Å². The summed E-state index contributed by atoms with van der Waals surface area (Å²) in [6.45, 7) is 3.36. The second-order valence-electron chi connectivity index (χ2n) is 5.67. The Kier molecular flexibility index (Phi) is 3.82. The van der Waals surface area contributed by atoms with Crippen LogP contribution >= 0.6 is 0 Å². The largest absolute Gasteiger partial charge is 0.326 e. The van der Waals surface area contributed by atoms with Crippen LogP contribution in [0, 0.1) is 12.7 Å². The Morgan fingerprint density at radius 2 is 1.87 bits per heavy atom. The fourth-order valence-corrected chi connectivity index (χ4v) is 2.84. The summed E-state index contributed by atoms with van der Waals surface area (Å²) in [7, 11) is 0. The molecule has 4 heteroatoms. The summed E-state index contributed by atoms with van der Waals surface area (Å²) in [4.78, 5) is 23.8. The summed E-state index contributed by atoms with van der Waals surface area (Å²) in [5, 5.41) is 2.78. The number of benzene rings is 2. The van der Waals surface area contributed by atoms with Crippen LogP contribution in [0.2, 0.25) is 0 Å². The maximum absolute atomic E-state index is 13.0. The number of fused-ring (bicyclic) bond motifs is 1. The minimum atomic E-state index is -0.302. The van der Waals surface area contributed by atoms with Gasteiger partial charge in [-0.05, 0) is 54.0 Å². The van der Waals surface area contributed by atoms with Gasteiger partial charge in [0.05, 0.1) is 0 Å². The van der Waals surface area contributed by atoms with Crippen molar-refractivity contribution in [1.82, 2.24) is 0 Å². The minimum absolute atomic E-state index is 0.0122. The lowest BCUT2D eigenvalue weighted by molar-refractivity contribution is -0.114. The molecule has 0 saturated carbocycles. The lowest BCUT2D eigenvalue weighted by atomic mass is 10.0. The van der Waals surface area contributed by atoms with Gasteiger partial charge in [-0.3, -0.25) is 9.59 Å². The Labute approximate surface area is 133 Å². The number of ketones is 1. The van der Waals surface area contributed by atoms with Crippen molar-refractivity contribution in [2.24, 2.45) is 0 Å². The molecule has 3 rings (SSSR count). The zero-order valence-electron chi connectivity index (χ0n) is 12.9. The van der Waals surface area contributed by atoms with Crippen molar-refractivity contribution in [2.45, 2.75) is 20.3 Å². The molecule has 0 unspecified atom stereocenters. The summed E-state index contributed by atoms with van der Waals surface area (Å²) in [5.74, 6) is -0.453. The Morgan fingerprint density at radius 1 is 1.17 bits per heavy atom. The van der Waals surface area contributed by atoms with Gasteiger partial charge in [0.15, 0.2) is 5.78 Å². The van der Waals surface area contributed by atoms with Gasteiger partial charge in [0.1, 0.15) is 5.82 Å².